The first kappa shape index (κ1) is 18.3. The number of aliphatic carboxylic acids is 1. The lowest BCUT2D eigenvalue weighted by Gasteiger charge is -2.24. The van der Waals surface area contributed by atoms with Gasteiger partial charge in [-0.15, -0.1) is 0 Å². The van der Waals surface area contributed by atoms with Crippen LogP contribution >= 0.6 is 0 Å². The number of benzene rings is 1. The molecule has 2 atom stereocenters. The monoisotopic (exact) mass is 334 g/mol. The molecule has 0 radical (unpaired) electrons. The normalized spacial score (nSPS) is 19.0. The van der Waals surface area contributed by atoms with E-state index in [0.29, 0.717) is 19.6 Å². The Hall–Kier alpha value is -2.08. The van der Waals surface area contributed by atoms with Gasteiger partial charge in [-0.3, -0.25) is 14.5 Å². The van der Waals surface area contributed by atoms with Gasteiger partial charge in [0, 0.05) is 5.56 Å². The van der Waals surface area contributed by atoms with Crippen LogP contribution in [0.15, 0.2) is 24.3 Å². The number of amides is 1. The van der Waals surface area contributed by atoms with Crippen molar-refractivity contribution in [3.8, 4) is 5.75 Å². The average Bonchev–Trinajstić information content (AvgIpc) is 3.02. The lowest BCUT2D eigenvalue weighted by atomic mass is 10.0. The summed E-state index contributed by atoms with van der Waals surface area (Å²) in [5.41, 5.74) is 0.950. The van der Waals surface area contributed by atoms with E-state index in [-0.39, 0.29) is 18.5 Å². The molecule has 1 aliphatic rings. The second-order valence-electron chi connectivity index (χ2n) is 5.97. The molecule has 0 aliphatic carbocycles. The molecular formula is C18H26N2O4. The Morgan fingerprint density at radius 3 is 2.79 bits per heavy atom. The van der Waals surface area contributed by atoms with E-state index in [1.807, 2.05) is 38.1 Å². The highest BCUT2D eigenvalue weighted by Crippen LogP contribution is 2.27. The van der Waals surface area contributed by atoms with Crippen LogP contribution < -0.4 is 10.1 Å². The molecular weight excluding hydrogens is 308 g/mol. The summed E-state index contributed by atoms with van der Waals surface area (Å²) in [6.45, 7) is 5.26. The molecule has 6 heteroatoms. The fourth-order valence-electron chi connectivity index (χ4n) is 3.17. The van der Waals surface area contributed by atoms with E-state index < -0.39 is 12.0 Å². The SMILES string of the molecule is CCOc1ccccc1C(CC)NC(=O)CN1CCC[C@H]1C(=O)O. The zero-order chi connectivity index (χ0) is 17.5. The summed E-state index contributed by atoms with van der Waals surface area (Å²) in [6, 6.07) is 6.99. The van der Waals surface area contributed by atoms with Crippen molar-refractivity contribution < 1.29 is 19.4 Å². The van der Waals surface area contributed by atoms with Crippen molar-refractivity contribution in [3.05, 3.63) is 29.8 Å². The van der Waals surface area contributed by atoms with Gasteiger partial charge in [0.2, 0.25) is 5.91 Å². The van der Waals surface area contributed by atoms with Crippen LogP contribution in [-0.2, 0) is 9.59 Å². The van der Waals surface area contributed by atoms with Gasteiger partial charge in [-0.2, -0.15) is 0 Å². The van der Waals surface area contributed by atoms with Crippen molar-refractivity contribution in [3.63, 3.8) is 0 Å². The fraction of sp³-hybridized carbons (Fsp3) is 0.556. The third-order valence-electron chi connectivity index (χ3n) is 4.33. The molecule has 1 unspecified atom stereocenters. The lowest BCUT2D eigenvalue weighted by Crippen LogP contribution is -2.43. The van der Waals surface area contributed by atoms with Crippen molar-refractivity contribution in [1.82, 2.24) is 10.2 Å². The molecule has 1 aromatic rings. The molecule has 1 aliphatic heterocycles. The van der Waals surface area contributed by atoms with Crippen LogP contribution in [0.3, 0.4) is 0 Å². The van der Waals surface area contributed by atoms with E-state index in [1.54, 1.807) is 4.90 Å². The van der Waals surface area contributed by atoms with E-state index in [2.05, 4.69) is 5.32 Å². The Balaban J connectivity index is 2.02. The number of carboxylic acid groups (broad SMARTS) is 1. The fourth-order valence-corrected chi connectivity index (χ4v) is 3.17. The van der Waals surface area contributed by atoms with Gasteiger partial charge in [-0.25, -0.2) is 0 Å². The molecule has 0 spiro atoms. The average molecular weight is 334 g/mol. The molecule has 6 nitrogen and oxygen atoms in total. The molecule has 0 aromatic heterocycles. The van der Waals surface area contributed by atoms with Crippen LogP contribution in [0, 0.1) is 0 Å². The summed E-state index contributed by atoms with van der Waals surface area (Å²) in [7, 11) is 0. The number of rotatable bonds is 8. The second kappa shape index (κ2) is 8.68. The first-order valence-electron chi connectivity index (χ1n) is 8.54. The van der Waals surface area contributed by atoms with Gasteiger partial charge < -0.3 is 15.2 Å². The number of carbonyl (C=O) groups excluding carboxylic acids is 1. The molecule has 1 saturated heterocycles. The molecule has 2 N–H and O–H groups in total. The Bertz CT molecular complexity index is 576. The van der Waals surface area contributed by atoms with Gasteiger partial charge in [0.25, 0.3) is 0 Å². The van der Waals surface area contributed by atoms with Crippen molar-refractivity contribution in [2.75, 3.05) is 19.7 Å². The van der Waals surface area contributed by atoms with Crippen molar-refractivity contribution in [2.45, 2.75) is 45.2 Å². The van der Waals surface area contributed by atoms with Crippen LogP contribution in [0.5, 0.6) is 5.75 Å². The third kappa shape index (κ3) is 4.47. The standard InChI is InChI=1S/C18H26N2O4/c1-3-14(13-8-5-6-10-16(13)24-4-2)19-17(21)12-20-11-7-9-15(20)18(22)23/h5-6,8,10,14-15H,3-4,7,9,11-12H2,1-2H3,(H,19,21)(H,22,23)/t14?,15-/m0/s1. The van der Waals surface area contributed by atoms with Crippen LogP contribution in [-0.4, -0.2) is 47.6 Å². The van der Waals surface area contributed by atoms with Gasteiger partial charge in [-0.05, 0) is 38.8 Å². The summed E-state index contributed by atoms with van der Waals surface area (Å²) in [5, 5.41) is 12.2. The van der Waals surface area contributed by atoms with Crippen LogP contribution in [0.4, 0.5) is 0 Å². The number of likely N-dealkylation sites (tertiary alicyclic amines) is 1. The Labute approximate surface area is 142 Å². The summed E-state index contributed by atoms with van der Waals surface area (Å²) >= 11 is 0. The van der Waals surface area contributed by atoms with E-state index >= 15 is 0 Å². The van der Waals surface area contributed by atoms with Crippen molar-refractivity contribution in [2.24, 2.45) is 0 Å². The van der Waals surface area contributed by atoms with E-state index in [0.717, 1.165) is 24.2 Å². The maximum absolute atomic E-state index is 12.4. The number of nitrogens with zero attached hydrogens (tertiary/aromatic N) is 1. The van der Waals surface area contributed by atoms with Gasteiger partial charge in [0.15, 0.2) is 0 Å². The predicted molar refractivity (Wildman–Crippen MR) is 91.0 cm³/mol. The minimum atomic E-state index is -0.853. The highest BCUT2D eigenvalue weighted by molar-refractivity contribution is 5.80. The summed E-state index contributed by atoms with van der Waals surface area (Å²) in [6.07, 6.45) is 2.15. The van der Waals surface area contributed by atoms with Gasteiger partial charge >= 0.3 is 5.97 Å². The topological polar surface area (TPSA) is 78.9 Å². The maximum atomic E-state index is 12.4. The number of para-hydroxylation sites is 1. The van der Waals surface area contributed by atoms with Crippen molar-refractivity contribution in [1.29, 1.82) is 0 Å². The molecule has 24 heavy (non-hydrogen) atoms. The lowest BCUT2D eigenvalue weighted by molar-refractivity contribution is -0.142. The van der Waals surface area contributed by atoms with E-state index in [9.17, 15) is 14.7 Å². The summed E-state index contributed by atoms with van der Waals surface area (Å²) in [4.78, 5) is 25.3. The number of carbonyl (C=O) groups is 2. The molecule has 1 fully saturated rings. The maximum Gasteiger partial charge on any atom is 0.320 e. The highest BCUT2D eigenvalue weighted by atomic mass is 16.5. The minimum absolute atomic E-state index is 0.115. The van der Waals surface area contributed by atoms with E-state index in [4.69, 9.17) is 4.74 Å². The zero-order valence-electron chi connectivity index (χ0n) is 14.3. The Morgan fingerprint density at radius 2 is 2.12 bits per heavy atom. The van der Waals surface area contributed by atoms with Crippen molar-refractivity contribution >= 4 is 11.9 Å². The molecule has 0 saturated carbocycles. The third-order valence-corrected chi connectivity index (χ3v) is 4.33. The van der Waals surface area contributed by atoms with Gasteiger partial charge in [0.1, 0.15) is 11.8 Å². The molecule has 1 aromatic carbocycles. The molecule has 132 valence electrons. The van der Waals surface area contributed by atoms with Crippen LogP contribution in [0.1, 0.15) is 44.7 Å². The first-order valence-corrected chi connectivity index (χ1v) is 8.54. The zero-order valence-corrected chi connectivity index (χ0v) is 14.3. The Morgan fingerprint density at radius 1 is 1.38 bits per heavy atom. The summed E-state index contributed by atoms with van der Waals surface area (Å²) in [5.74, 6) is -0.230. The highest BCUT2D eigenvalue weighted by Gasteiger charge is 2.32. The van der Waals surface area contributed by atoms with Crippen LogP contribution in [0.25, 0.3) is 0 Å². The smallest absolute Gasteiger partial charge is 0.320 e. The first-order chi connectivity index (χ1) is 11.6. The molecule has 2 rings (SSSR count). The number of hydrogen-bond acceptors (Lipinski definition) is 4. The molecule has 1 amide bonds. The number of nitrogens with one attached hydrogen (secondary N) is 1. The van der Waals surface area contributed by atoms with Gasteiger partial charge in [-0.1, -0.05) is 25.1 Å². The second-order valence-corrected chi connectivity index (χ2v) is 5.97. The van der Waals surface area contributed by atoms with Crippen LogP contribution in [0.2, 0.25) is 0 Å². The predicted octanol–water partition coefficient (Wildman–Crippen LogP) is 2.20. The number of ether oxygens (including phenoxy) is 1. The summed E-state index contributed by atoms with van der Waals surface area (Å²) < 4.78 is 5.64. The van der Waals surface area contributed by atoms with Gasteiger partial charge in [0.05, 0.1) is 19.2 Å². The largest absolute Gasteiger partial charge is 0.494 e. The number of hydrogen-bond donors (Lipinski definition) is 2. The van der Waals surface area contributed by atoms with E-state index in [1.165, 1.54) is 0 Å². The minimum Gasteiger partial charge on any atom is -0.494 e. The number of carboxylic acids is 1. The molecule has 0 bridgehead atoms. The Kier molecular flexibility index (Phi) is 6.61. The quantitative estimate of drug-likeness (QED) is 0.762. The molecule has 1 heterocycles.